The zero-order valence-electron chi connectivity index (χ0n) is 16.3. The molecule has 0 spiro atoms. The van der Waals surface area contributed by atoms with Gasteiger partial charge in [-0.2, -0.15) is 0 Å². The third kappa shape index (κ3) is 4.87. The Morgan fingerprint density at radius 3 is 2.56 bits per heavy atom. The van der Waals surface area contributed by atoms with E-state index in [1.165, 1.54) is 6.07 Å². The van der Waals surface area contributed by atoms with Crippen LogP contribution in [-0.2, 0) is 11.2 Å². The van der Waals surface area contributed by atoms with Gasteiger partial charge in [0.25, 0.3) is 0 Å². The van der Waals surface area contributed by atoms with E-state index >= 15 is 0 Å². The molecule has 1 fully saturated rings. The number of hydrogen-bond donors (Lipinski definition) is 3. The van der Waals surface area contributed by atoms with Crippen LogP contribution in [-0.4, -0.2) is 39.8 Å². The van der Waals surface area contributed by atoms with Crippen LogP contribution in [0.1, 0.15) is 79.2 Å². The summed E-state index contributed by atoms with van der Waals surface area (Å²) in [7, 11) is 0. The molecule has 6 heteroatoms. The number of phenolic OH excluding ortho intramolecular Hbond substituents is 2. The number of rotatable bonds is 8. The largest absolute Gasteiger partial charge is 0.507 e. The van der Waals surface area contributed by atoms with Gasteiger partial charge in [-0.15, -0.1) is 0 Å². The van der Waals surface area contributed by atoms with E-state index in [1.807, 2.05) is 20.8 Å². The van der Waals surface area contributed by atoms with E-state index in [4.69, 9.17) is 4.74 Å². The van der Waals surface area contributed by atoms with Gasteiger partial charge in [-0.05, 0) is 49.7 Å². The first-order valence-electron chi connectivity index (χ1n) is 9.70. The summed E-state index contributed by atoms with van der Waals surface area (Å²) in [5.74, 6) is -1.40. The van der Waals surface area contributed by atoms with Crippen molar-refractivity contribution in [1.29, 1.82) is 0 Å². The van der Waals surface area contributed by atoms with E-state index in [1.54, 1.807) is 0 Å². The molecule has 1 heterocycles. The number of hydrogen-bond acceptors (Lipinski definition) is 6. The number of aldehydes is 1. The van der Waals surface area contributed by atoms with Crippen molar-refractivity contribution >= 4 is 12.1 Å². The van der Waals surface area contributed by atoms with Gasteiger partial charge in [-0.25, -0.2) is 0 Å². The van der Waals surface area contributed by atoms with Crippen molar-refractivity contribution in [3.8, 4) is 11.5 Å². The van der Waals surface area contributed by atoms with E-state index in [2.05, 4.69) is 0 Å². The van der Waals surface area contributed by atoms with Gasteiger partial charge < -0.3 is 20.1 Å². The lowest BCUT2D eigenvalue weighted by molar-refractivity contribution is -0.173. The van der Waals surface area contributed by atoms with Crippen LogP contribution >= 0.6 is 0 Å². The minimum atomic E-state index is -0.883. The summed E-state index contributed by atoms with van der Waals surface area (Å²) in [6.07, 6.45) is 2.79. The Kier molecular flexibility index (Phi) is 7.39. The Labute approximate surface area is 160 Å². The number of ether oxygens (including phenoxy) is 1. The Morgan fingerprint density at radius 2 is 2.00 bits per heavy atom. The van der Waals surface area contributed by atoms with Crippen molar-refractivity contribution in [3.05, 3.63) is 22.8 Å². The Hall–Kier alpha value is -1.92. The number of aromatic hydroxyl groups is 2. The molecule has 1 aliphatic rings. The maximum atomic E-state index is 13.3. The molecule has 6 nitrogen and oxygen atoms in total. The first-order valence-corrected chi connectivity index (χ1v) is 9.70. The van der Waals surface area contributed by atoms with Gasteiger partial charge in [0.2, 0.25) is 0 Å². The summed E-state index contributed by atoms with van der Waals surface area (Å²) < 4.78 is 5.59. The molecule has 0 bridgehead atoms. The predicted molar refractivity (Wildman–Crippen MR) is 101 cm³/mol. The van der Waals surface area contributed by atoms with E-state index in [9.17, 15) is 24.9 Å². The van der Waals surface area contributed by atoms with Crippen molar-refractivity contribution in [3.63, 3.8) is 0 Å². The SMILES string of the molecule is CCC[C@H](C(=O)c1cc(CC(C)C)c(O)c(C=O)c1O)[C@H]1CCCC(O)O1. The van der Waals surface area contributed by atoms with Gasteiger partial charge in [-0.1, -0.05) is 27.2 Å². The average molecular weight is 378 g/mol. The molecule has 3 atom stereocenters. The molecule has 0 radical (unpaired) electrons. The lowest BCUT2D eigenvalue weighted by atomic mass is 9.83. The maximum Gasteiger partial charge on any atom is 0.172 e. The molecule has 1 aliphatic heterocycles. The summed E-state index contributed by atoms with van der Waals surface area (Å²) in [4.78, 5) is 24.7. The van der Waals surface area contributed by atoms with Gasteiger partial charge in [0.05, 0.1) is 17.2 Å². The number of benzene rings is 1. The van der Waals surface area contributed by atoms with E-state index < -0.39 is 24.1 Å². The second-order valence-corrected chi connectivity index (χ2v) is 7.73. The molecule has 1 saturated heterocycles. The fraction of sp³-hybridized carbons (Fsp3) is 0.619. The zero-order chi connectivity index (χ0) is 20.1. The van der Waals surface area contributed by atoms with Crippen molar-refractivity contribution in [2.45, 2.75) is 71.7 Å². The third-order valence-electron chi connectivity index (χ3n) is 5.06. The van der Waals surface area contributed by atoms with Gasteiger partial charge in [-0.3, -0.25) is 9.59 Å². The fourth-order valence-corrected chi connectivity index (χ4v) is 3.76. The Morgan fingerprint density at radius 1 is 1.30 bits per heavy atom. The molecule has 27 heavy (non-hydrogen) atoms. The normalized spacial score (nSPS) is 21.2. The maximum absolute atomic E-state index is 13.3. The summed E-state index contributed by atoms with van der Waals surface area (Å²) >= 11 is 0. The van der Waals surface area contributed by atoms with Crippen LogP contribution in [0.4, 0.5) is 0 Å². The van der Waals surface area contributed by atoms with Gasteiger partial charge >= 0.3 is 0 Å². The van der Waals surface area contributed by atoms with Crippen molar-refractivity contribution in [1.82, 2.24) is 0 Å². The van der Waals surface area contributed by atoms with Crippen LogP contribution in [0.15, 0.2) is 6.07 Å². The van der Waals surface area contributed by atoms with Crippen LogP contribution in [0.5, 0.6) is 11.5 Å². The number of phenols is 2. The highest BCUT2D eigenvalue weighted by molar-refractivity contribution is 6.04. The second-order valence-electron chi connectivity index (χ2n) is 7.73. The summed E-state index contributed by atoms with van der Waals surface area (Å²) in [6, 6.07) is 1.49. The highest BCUT2D eigenvalue weighted by Crippen LogP contribution is 2.37. The number of Topliss-reactive ketones (excluding diaryl/α,β-unsaturated/α-hetero) is 1. The lowest BCUT2D eigenvalue weighted by Crippen LogP contribution is -2.37. The van der Waals surface area contributed by atoms with E-state index in [0.717, 1.165) is 12.8 Å². The lowest BCUT2D eigenvalue weighted by Gasteiger charge is -2.32. The molecular weight excluding hydrogens is 348 g/mol. The molecule has 0 aliphatic carbocycles. The van der Waals surface area contributed by atoms with Crippen molar-refractivity contribution < 1.29 is 29.6 Å². The van der Waals surface area contributed by atoms with Crippen LogP contribution in [0, 0.1) is 11.8 Å². The minimum Gasteiger partial charge on any atom is -0.507 e. The molecule has 1 aromatic carbocycles. The Bertz CT molecular complexity index is 682. The topological polar surface area (TPSA) is 104 Å². The molecule has 1 aromatic rings. The number of carbonyl (C=O) groups is 2. The highest BCUT2D eigenvalue weighted by atomic mass is 16.6. The van der Waals surface area contributed by atoms with Gasteiger partial charge in [0.15, 0.2) is 18.4 Å². The van der Waals surface area contributed by atoms with Crippen molar-refractivity contribution in [2.24, 2.45) is 11.8 Å². The molecule has 150 valence electrons. The first kappa shape index (κ1) is 21.4. The van der Waals surface area contributed by atoms with Crippen LogP contribution in [0.3, 0.4) is 0 Å². The Balaban J connectivity index is 2.46. The number of ketones is 1. The molecule has 2 rings (SSSR count). The monoisotopic (exact) mass is 378 g/mol. The van der Waals surface area contributed by atoms with Crippen molar-refractivity contribution in [2.75, 3.05) is 0 Å². The molecular formula is C21H30O6. The van der Waals surface area contributed by atoms with Crippen LogP contribution in [0.25, 0.3) is 0 Å². The molecule has 1 unspecified atom stereocenters. The predicted octanol–water partition coefficient (Wildman–Crippen LogP) is 3.60. The van der Waals surface area contributed by atoms with E-state index in [-0.39, 0.29) is 28.6 Å². The summed E-state index contributed by atoms with van der Waals surface area (Å²) in [6.45, 7) is 5.88. The first-order chi connectivity index (χ1) is 12.8. The summed E-state index contributed by atoms with van der Waals surface area (Å²) in [5, 5.41) is 30.6. The quantitative estimate of drug-likeness (QED) is 0.472. The third-order valence-corrected chi connectivity index (χ3v) is 5.06. The van der Waals surface area contributed by atoms with Crippen LogP contribution in [0.2, 0.25) is 0 Å². The standard InChI is InChI=1S/C21H30O6/c1-4-6-14(17-7-5-8-18(23)27-17)20(25)15-10-13(9-12(2)3)19(24)16(11-22)21(15)26/h10-12,14,17-18,23-24,26H,4-9H2,1-3H3/t14-,17+,18?/m0/s1. The molecule has 0 saturated carbocycles. The fourth-order valence-electron chi connectivity index (χ4n) is 3.76. The number of aliphatic hydroxyl groups excluding tert-OH is 1. The number of carbonyl (C=O) groups excluding carboxylic acids is 2. The minimum absolute atomic E-state index is 0.0349. The number of aliphatic hydroxyl groups is 1. The smallest absolute Gasteiger partial charge is 0.172 e. The van der Waals surface area contributed by atoms with E-state index in [0.29, 0.717) is 37.5 Å². The average Bonchev–Trinajstić information content (AvgIpc) is 2.61. The molecule has 0 aromatic heterocycles. The van der Waals surface area contributed by atoms with Crippen LogP contribution < -0.4 is 0 Å². The molecule has 0 amide bonds. The second kappa shape index (κ2) is 9.33. The summed E-state index contributed by atoms with van der Waals surface area (Å²) in [5.41, 5.74) is 0.247. The highest BCUT2D eigenvalue weighted by Gasteiger charge is 2.35. The zero-order valence-corrected chi connectivity index (χ0v) is 16.3. The molecule has 3 N–H and O–H groups in total. The van der Waals surface area contributed by atoms with Gasteiger partial charge in [0.1, 0.15) is 11.5 Å². The van der Waals surface area contributed by atoms with Gasteiger partial charge in [0, 0.05) is 5.92 Å².